The number of carbonyl (C=O) groups excluding carboxylic acids is 1. The van der Waals surface area contributed by atoms with Gasteiger partial charge in [0.1, 0.15) is 29.6 Å². The van der Waals surface area contributed by atoms with Crippen molar-refractivity contribution in [3.63, 3.8) is 0 Å². The molecule has 13 heteroatoms. The molecule has 0 unspecified atom stereocenters. The van der Waals surface area contributed by atoms with Crippen molar-refractivity contribution in [1.29, 1.82) is 0 Å². The molecule has 0 radical (unpaired) electrons. The van der Waals surface area contributed by atoms with Crippen LogP contribution in [0.5, 0.6) is 17.2 Å². The van der Waals surface area contributed by atoms with E-state index in [0.717, 1.165) is 6.26 Å². The van der Waals surface area contributed by atoms with E-state index in [1.807, 2.05) is 6.92 Å². The molecule has 11 nitrogen and oxygen atoms in total. The normalized spacial score (nSPS) is 12.7. The van der Waals surface area contributed by atoms with Gasteiger partial charge in [0.25, 0.3) is 0 Å². The van der Waals surface area contributed by atoms with Gasteiger partial charge in [0, 0.05) is 31.2 Å². The van der Waals surface area contributed by atoms with E-state index < -0.39 is 17.4 Å². The fourth-order valence-electron chi connectivity index (χ4n) is 3.78. The van der Waals surface area contributed by atoms with Crippen molar-refractivity contribution >= 4 is 23.2 Å². The van der Waals surface area contributed by atoms with Gasteiger partial charge in [-0.05, 0) is 63.2 Å². The van der Waals surface area contributed by atoms with E-state index in [4.69, 9.17) is 23.3 Å². The highest BCUT2D eigenvalue weighted by molar-refractivity contribution is 7.90. The number of hydrogen-bond donors (Lipinski definition) is 0. The van der Waals surface area contributed by atoms with Gasteiger partial charge in [-0.15, -0.1) is 0 Å². The van der Waals surface area contributed by atoms with Gasteiger partial charge >= 0.3 is 7.60 Å². The third kappa shape index (κ3) is 9.28. The lowest BCUT2D eigenvalue weighted by Gasteiger charge is -2.16. The van der Waals surface area contributed by atoms with Crippen LogP contribution >= 0.6 is 7.60 Å². The first-order valence-electron chi connectivity index (χ1n) is 12.7. The Morgan fingerprint density at radius 1 is 1.00 bits per heavy atom. The van der Waals surface area contributed by atoms with Gasteiger partial charge in [-0.1, -0.05) is 0 Å². The standard InChI is InChI=1S/C27H35N2O9PS/c1-6-35-39(31,36-7-2)19-29-13-12-22(28-29)16-27(30)21-14-24(37-20(3)18-34-4)17-25(15-21)38-23-8-10-26(11-9-23)40(5,32)33/h8-15,17,20H,6-7,16,18-19H2,1-5H3/t20-/m0/s1. The van der Waals surface area contributed by atoms with Crippen molar-refractivity contribution in [2.45, 2.75) is 44.5 Å². The maximum absolute atomic E-state index is 13.3. The van der Waals surface area contributed by atoms with Crippen molar-refractivity contribution in [2.24, 2.45) is 0 Å². The third-order valence-corrected chi connectivity index (χ3v) is 8.50. The summed E-state index contributed by atoms with van der Waals surface area (Å²) >= 11 is 0. The summed E-state index contributed by atoms with van der Waals surface area (Å²) in [6.45, 7) is 6.10. The molecule has 0 N–H and O–H groups in total. The highest BCUT2D eigenvalue weighted by Crippen LogP contribution is 2.49. The van der Waals surface area contributed by atoms with Crippen LogP contribution < -0.4 is 9.47 Å². The van der Waals surface area contributed by atoms with Gasteiger partial charge < -0.3 is 23.3 Å². The summed E-state index contributed by atoms with van der Waals surface area (Å²) in [5, 5.41) is 4.37. The Hall–Kier alpha value is -3.02. The van der Waals surface area contributed by atoms with Gasteiger partial charge in [0.05, 0.1) is 36.8 Å². The summed E-state index contributed by atoms with van der Waals surface area (Å²) in [5.74, 6) is 0.875. The van der Waals surface area contributed by atoms with E-state index in [1.165, 1.54) is 28.9 Å². The minimum Gasteiger partial charge on any atom is -0.488 e. The van der Waals surface area contributed by atoms with E-state index in [2.05, 4.69) is 5.10 Å². The van der Waals surface area contributed by atoms with Crippen LogP contribution in [-0.4, -0.2) is 63.3 Å². The highest BCUT2D eigenvalue weighted by atomic mass is 32.2. The number of aromatic nitrogens is 2. The molecule has 0 spiro atoms. The lowest BCUT2D eigenvalue weighted by atomic mass is 10.1. The number of nitrogens with zero attached hydrogens (tertiary/aromatic N) is 2. The van der Waals surface area contributed by atoms with Crippen LogP contribution in [0.15, 0.2) is 59.6 Å². The molecule has 218 valence electrons. The Labute approximate surface area is 234 Å². The third-order valence-electron chi connectivity index (χ3n) is 5.44. The predicted molar refractivity (Wildman–Crippen MR) is 149 cm³/mol. The Bertz CT molecular complexity index is 1430. The number of Topliss-reactive ketones (excluding diaryl/α,β-unsaturated/α-hetero) is 1. The summed E-state index contributed by atoms with van der Waals surface area (Å²) < 4.78 is 65.4. The predicted octanol–water partition coefficient (Wildman–Crippen LogP) is 5.14. The average molecular weight is 595 g/mol. The number of methoxy groups -OCH3 is 1. The van der Waals surface area contributed by atoms with Crippen LogP contribution in [0.2, 0.25) is 0 Å². The number of sulfone groups is 1. The fraction of sp³-hybridized carbons (Fsp3) is 0.407. The minimum absolute atomic E-state index is 0.0276. The Morgan fingerprint density at radius 2 is 1.65 bits per heavy atom. The summed E-state index contributed by atoms with van der Waals surface area (Å²) in [7, 11) is -5.14. The summed E-state index contributed by atoms with van der Waals surface area (Å²) in [5.41, 5.74) is 0.802. The van der Waals surface area contributed by atoms with Crippen LogP contribution in [0.25, 0.3) is 0 Å². The lowest BCUT2D eigenvalue weighted by Crippen LogP contribution is -2.18. The van der Waals surface area contributed by atoms with E-state index in [9.17, 15) is 17.8 Å². The largest absolute Gasteiger partial charge is 0.488 e. The molecule has 1 heterocycles. The maximum atomic E-state index is 13.3. The molecule has 1 aromatic heterocycles. The first-order chi connectivity index (χ1) is 18.9. The average Bonchev–Trinajstić information content (AvgIpc) is 3.30. The summed E-state index contributed by atoms with van der Waals surface area (Å²) in [4.78, 5) is 13.4. The van der Waals surface area contributed by atoms with Gasteiger partial charge in [0.2, 0.25) is 0 Å². The number of hydrogen-bond acceptors (Lipinski definition) is 10. The van der Waals surface area contributed by atoms with E-state index in [1.54, 1.807) is 51.4 Å². The Morgan fingerprint density at radius 3 is 2.25 bits per heavy atom. The molecule has 40 heavy (non-hydrogen) atoms. The van der Waals surface area contributed by atoms with Crippen LogP contribution in [-0.2, 0) is 40.9 Å². The molecule has 3 aromatic rings. The second-order valence-electron chi connectivity index (χ2n) is 8.96. The number of ether oxygens (including phenoxy) is 3. The molecular weight excluding hydrogens is 559 g/mol. The second kappa shape index (κ2) is 14.0. The van der Waals surface area contributed by atoms with E-state index >= 15 is 0 Å². The van der Waals surface area contributed by atoms with Crippen molar-refractivity contribution < 1.29 is 41.0 Å². The molecule has 0 fully saturated rings. The summed E-state index contributed by atoms with van der Waals surface area (Å²) in [6.07, 6.45) is 2.36. The fourth-order valence-corrected chi connectivity index (χ4v) is 5.95. The van der Waals surface area contributed by atoms with Crippen LogP contribution in [0, 0.1) is 0 Å². The molecule has 0 amide bonds. The molecular formula is C27H35N2O9PS. The Kier molecular flexibility index (Phi) is 11.1. The molecule has 1 atom stereocenters. The zero-order valence-corrected chi connectivity index (χ0v) is 24.9. The van der Waals surface area contributed by atoms with Crippen LogP contribution in [0.4, 0.5) is 0 Å². The molecule has 2 aromatic carbocycles. The maximum Gasteiger partial charge on any atom is 0.351 e. The van der Waals surface area contributed by atoms with Crippen LogP contribution in [0.1, 0.15) is 36.8 Å². The molecule has 0 aliphatic rings. The van der Waals surface area contributed by atoms with Crippen molar-refractivity contribution in [2.75, 3.05) is 33.2 Å². The molecule has 0 aliphatic carbocycles. The SMILES string of the molecule is CCOP(=O)(Cn1ccc(CC(=O)c2cc(Oc3ccc(S(C)(=O)=O)cc3)cc(O[C@@H](C)COC)c2)n1)OCC. The van der Waals surface area contributed by atoms with Crippen molar-refractivity contribution in [3.05, 3.63) is 66.0 Å². The molecule has 3 rings (SSSR count). The van der Waals surface area contributed by atoms with Gasteiger partial charge in [-0.25, -0.2) is 8.42 Å². The smallest absolute Gasteiger partial charge is 0.351 e. The molecule has 0 bridgehead atoms. The number of rotatable bonds is 16. The minimum atomic E-state index is -3.36. The van der Waals surface area contributed by atoms with E-state index in [-0.39, 0.29) is 42.7 Å². The topological polar surface area (TPSA) is 132 Å². The highest BCUT2D eigenvalue weighted by Gasteiger charge is 2.25. The Balaban J connectivity index is 1.82. The van der Waals surface area contributed by atoms with Gasteiger partial charge in [-0.3, -0.25) is 14.0 Å². The molecule has 0 saturated heterocycles. The molecule has 0 saturated carbocycles. The number of ketones is 1. The monoisotopic (exact) mass is 594 g/mol. The zero-order chi connectivity index (χ0) is 29.3. The number of benzene rings is 2. The van der Waals surface area contributed by atoms with Gasteiger partial charge in [-0.2, -0.15) is 5.10 Å². The van der Waals surface area contributed by atoms with E-state index in [0.29, 0.717) is 35.1 Å². The zero-order valence-electron chi connectivity index (χ0n) is 23.2. The van der Waals surface area contributed by atoms with Crippen LogP contribution in [0.3, 0.4) is 0 Å². The van der Waals surface area contributed by atoms with Gasteiger partial charge in [0.15, 0.2) is 15.6 Å². The second-order valence-corrected chi connectivity index (χ2v) is 13.0. The van der Waals surface area contributed by atoms with Crippen molar-refractivity contribution in [3.8, 4) is 17.2 Å². The number of carbonyl (C=O) groups is 1. The lowest BCUT2D eigenvalue weighted by molar-refractivity contribution is 0.0914. The first-order valence-corrected chi connectivity index (χ1v) is 16.3. The first kappa shape index (κ1) is 31.5. The quantitative estimate of drug-likeness (QED) is 0.162. The van der Waals surface area contributed by atoms with Crippen molar-refractivity contribution in [1.82, 2.24) is 9.78 Å². The summed E-state index contributed by atoms with van der Waals surface area (Å²) in [6, 6.07) is 12.5. The molecule has 0 aliphatic heterocycles.